The third kappa shape index (κ3) is 3.57. The van der Waals surface area contributed by atoms with Crippen molar-refractivity contribution < 1.29 is 9.47 Å². The minimum atomic E-state index is 0.449. The van der Waals surface area contributed by atoms with Gasteiger partial charge in [-0.05, 0) is 6.42 Å². The molecule has 0 unspecified atom stereocenters. The maximum atomic E-state index is 5.31. The second-order valence-electron chi connectivity index (χ2n) is 2.68. The van der Waals surface area contributed by atoms with Gasteiger partial charge in [0.1, 0.15) is 12.9 Å². The van der Waals surface area contributed by atoms with Crippen LogP contribution in [0.25, 0.3) is 0 Å². The van der Waals surface area contributed by atoms with Crippen molar-refractivity contribution in [3.63, 3.8) is 0 Å². The fourth-order valence-electron chi connectivity index (χ4n) is 0.851. The molecule has 2 N–H and O–H groups in total. The lowest BCUT2D eigenvalue weighted by Crippen LogP contribution is -2.11. The van der Waals surface area contributed by atoms with Crippen LogP contribution in [0.3, 0.4) is 0 Å². The highest BCUT2D eigenvalue weighted by Crippen LogP contribution is 2.12. The summed E-state index contributed by atoms with van der Waals surface area (Å²) in [6.07, 6.45) is 2.36. The topological polar surface area (TPSA) is 70.3 Å². The molecule has 78 valence electrons. The lowest BCUT2D eigenvalue weighted by atomic mass is 10.5. The molecule has 0 bridgehead atoms. The number of aromatic nitrogens is 2. The number of rotatable bonds is 6. The van der Waals surface area contributed by atoms with Crippen LogP contribution in [0.4, 0.5) is 0 Å². The smallest absolute Gasteiger partial charge is 0.220 e. The minimum absolute atomic E-state index is 0.449. The van der Waals surface area contributed by atoms with Crippen LogP contribution >= 0.6 is 0 Å². The van der Waals surface area contributed by atoms with Crippen LogP contribution in [0.5, 0.6) is 11.8 Å². The van der Waals surface area contributed by atoms with Gasteiger partial charge in [-0.3, -0.25) is 0 Å². The Morgan fingerprint density at radius 1 is 1.21 bits per heavy atom. The first kappa shape index (κ1) is 10.7. The second kappa shape index (κ2) is 6.15. The lowest BCUT2D eigenvalue weighted by Gasteiger charge is -2.05. The highest BCUT2D eigenvalue weighted by atomic mass is 16.5. The van der Waals surface area contributed by atoms with Gasteiger partial charge in [-0.2, -0.15) is 0 Å². The second-order valence-corrected chi connectivity index (χ2v) is 2.68. The Hall–Kier alpha value is -1.36. The summed E-state index contributed by atoms with van der Waals surface area (Å²) in [5.41, 5.74) is 5.29. The largest absolute Gasteiger partial charge is 0.478 e. The summed E-state index contributed by atoms with van der Waals surface area (Å²) < 4.78 is 10.5. The summed E-state index contributed by atoms with van der Waals surface area (Å²) in [6.45, 7) is 3.60. The van der Waals surface area contributed by atoms with E-state index in [0.29, 0.717) is 31.5 Å². The van der Waals surface area contributed by atoms with E-state index >= 15 is 0 Å². The zero-order valence-electron chi connectivity index (χ0n) is 8.27. The Labute approximate surface area is 83.3 Å². The van der Waals surface area contributed by atoms with Gasteiger partial charge in [-0.15, -0.1) is 0 Å². The van der Waals surface area contributed by atoms with E-state index in [9.17, 15) is 0 Å². The Morgan fingerprint density at radius 3 is 2.43 bits per heavy atom. The molecule has 0 radical (unpaired) electrons. The van der Waals surface area contributed by atoms with Crippen molar-refractivity contribution in [3.8, 4) is 11.8 Å². The van der Waals surface area contributed by atoms with Gasteiger partial charge in [-0.1, -0.05) is 6.92 Å². The highest BCUT2D eigenvalue weighted by Gasteiger charge is 1.99. The third-order valence-electron chi connectivity index (χ3n) is 1.44. The summed E-state index contributed by atoms with van der Waals surface area (Å²) >= 11 is 0. The molecule has 0 fully saturated rings. The molecular formula is C9H15N3O2. The van der Waals surface area contributed by atoms with Gasteiger partial charge in [0.15, 0.2) is 0 Å². The van der Waals surface area contributed by atoms with Crippen molar-refractivity contribution in [3.05, 3.63) is 12.4 Å². The summed E-state index contributed by atoms with van der Waals surface area (Å²) in [6, 6.07) is 1.66. The van der Waals surface area contributed by atoms with Gasteiger partial charge in [0, 0.05) is 6.54 Å². The quantitative estimate of drug-likeness (QED) is 0.723. The van der Waals surface area contributed by atoms with Crippen LogP contribution in [-0.2, 0) is 0 Å². The van der Waals surface area contributed by atoms with Crippen molar-refractivity contribution >= 4 is 0 Å². The van der Waals surface area contributed by atoms with E-state index in [1.54, 1.807) is 6.07 Å². The van der Waals surface area contributed by atoms with E-state index in [4.69, 9.17) is 15.2 Å². The summed E-state index contributed by atoms with van der Waals surface area (Å²) in [4.78, 5) is 7.86. The molecule has 0 aromatic carbocycles. The summed E-state index contributed by atoms with van der Waals surface area (Å²) in [7, 11) is 0. The van der Waals surface area contributed by atoms with E-state index in [0.717, 1.165) is 6.42 Å². The standard InChI is InChI=1S/C9H15N3O2/c1-2-4-13-8-6-9(12-7-11-8)14-5-3-10/h6-7H,2-5,10H2,1H3. The molecule has 0 aliphatic rings. The molecule has 0 spiro atoms. The number of ether oxygens (including phenoxy) is 2. The normalized spacial score (nSPS) is 9.86. The van der Waals surface area contributed by atoms with Crippen LogP contribution in [0.2, 0.25) is 0 Å². The Kier molecular flexibility index (Phi) is 4.71. The van der Waals surface area contributed by atoms with Gasteiger partial charge in [0.25, 0.3) is 0 Å². The molecule has 0 aliphatic heterocycles. The van der Waals surface area contributed by atoms with Crippen LogP contribution in [0.1, 0.15) is 13.3 Å². The molecule has 0 atom stereocenters. The summed E-state index contributed by atoms with van der Waals surface area (Å²) in [5, 5.41) is 0. The van der Waals surface area contributed by atoms with Crippen molar-refractivity contribution in [2.75, 3.05) is 19.8 Å². The summed E-state index contributed by atoms with van der Waals surface area (Å²) in [5.74, 6) is 1.03. The van der Waals surface area contributed by atoms with Crippen LogP contribution < -0.4 is 15.2 Å². The fraction of sp³-hybridized carbons (Fsp3) is 0.556. The number of hydrogen-bond donors (Lipinski definition) is 1. The molecule has 1 rings (SSSR count). The zero-order valence-corrected chi connectivity index (χ0v) is 8.27. The Morgan fingerprint density at radius 2 is 1.86 bits per heavy atom. The van der Waals surface area contributed by atoms with Crippen molar-refractivity contribution in [2.45, 2.75) is 13.3 Å². The number of hydrogen-bond acceptors (Lipinski definition) is 5. The highest BCUT2D eigenvalue weighted by molar-refractivity contribution is 5.18. The first-order valence-corrected chi connectivity index (χ1v) is 4.64. The van der Waals surface area contributed by atoms with Gasteiger partial charge in [0.2, 0.25) is 11.8 Å². The molecule has 5 heteroatoms. The third-order valence-corrected chi connectivity index (χ3v) is 1.44. The van der Waals surface area contributed by atoms with E-state index in [1.807, 2.05) is 6.92 Å². The molecule has 14 heavy (non-hydrogen) atoms. The number of nitrogens with zero attached hydrogens (tertiary/aromatic N) is 2. The lowest BCUT2D eigenvalue weighted by molar-refractivity contribution is 0.289. The van der Waals surface area contributed by atoms with Gasteiger partial charge in [0.05, 0.1) is 12.7 Å². The molecule has 0 saturated carbocycles. The molecule has 0 saturated heterocycles. The Bertz CT molecular complexity index is 245. The predicted octanol–water partition coefficient (Wildman–Crippen LogP) is 0.603. The fourth-order valence-corrected chi connectivity index (χ4v) is 0.851. The SMILES string of the molecule is CCCOc1cc(OCCN)ncn1. The molecule has 1 aromatic rings. The van der Waals surface area contributed by atoms with Gasteiger partial charge >= 0.3 is 0 Å². The Balaban J connectivity index is 2.50. The molecule has 1 heterocycles. The first-order valence-electron chi connectivity index (χ1n) is 4.64. The van der Waals surface area contributed by atoms with E-state index in [2.05, 4.69) is 9.97 Å². The van der Waals surface area contributed by atoms with Crippen LogP contribution in [0, 0.1) is 0 Å². The minimum Gasteiger partial charge on any atom is -0.478 e. The predicted molar refractivity (Wildman–Crippen MR) is 52.4 cm³/mol. The molecular weight excluding hydrogens is 182 g/mol. The van der Waals surface area contributed by atoms with Crippen molar-refractivity contribution in [2.24, 2.45) is 5.73 Å². The molecule has 1 aromatic heterocycles. The maximum absolute atomic E-state index is 5.31. The molecule has 0 aliphatic carbocycles. The van der Waals surface area contributed by atoms with Gasteiger partial charge in [-0.25, -0.2) is 9.97 Å². The van der Waals surface area contributed by atoms with Crippen LogP contribution in [-0.4, -0.2) is 29.7 Å². The maximum Gasteiger partial charge on any atom is 0.220 e. The average molecular weight is 197 g/mol. The van der Waals surface area contributed by atoms with E-state index in [-0.39, 0.29) is 0 Å². The number of nitrogens with two attached hydrogens (primary N) is 1. The van der Waals surface area contributed by atoms with Gasteiger partial charge < -0.3 is 15.2 Å². The molecule has 0 amide bonds. The monoisotopic (exact) mass is 197 g/mol. The average Bonchev–Trinajstić information content (AvgIpc) is 2.24. The van der Waals surface area contributed by atoms with Crippen LogP contribution in [0.15, 0.2) is 12.4 Å². The first-order chi connectivity index (χ1) is 6.86. The van der Waals surface area contributed by atoms with E-state index < -0.39 is 0 Å². The zero-order chi connectivity index (χ0) is 10.2. The van der Waals surface area contributed by atoms with Crippen molar-refractivity contribution in [1.82, 2.24) is 9.97 Å². The van der Waals surface area contributed by atoms with Crippen molar-refractivity contribution in [1.29, 1.82) is 0 Å². The van der Waals surface area contributed by atoms with E-state index in [1.165, 1.54) is 6.33 Å². The molecule has 5 nitrogen and oxygen atoms in total.